The molecule has 0 spiro atoms. The van der Waals surface area contributed by atoms with Gasteiger partial charge in [0.25, 0.3) is 0 Å². The number of benzene rings is 1. The third-order valence-corrected chi connectivity index (χ3v) is 3.76. The van der Waals surface area contributed by atoms with Crippen LogP contribution in [-0.4, -0.2) is 22.8 Å². The van der Waals surface area contributed by atoms with Crippen LogP contribution in [0.3, 0.4) is 0 Å². The van der Waals surface area contributed by atoms with Gasteiger partial charge in [0.15, 0.2) is 5.78 Å². The molecule has 0 bridgehead atoms. The highest BCUT2D eigenvalue weighted by Gasteiger charge is 2.25. The monoisotopic (exact) mass is 318 g/mol. The summed E-state index contributed by atoms with van der Waals surface area (Å²) in [5.74, 6) is -0.785. The van der Waals surface area contributed by atoms with E-state index in [4.69, 9.17) is 10.8 Å². The minimum absolute atomic E-state index is 0.0426. The second-order valence-corrected chi connectivity index (χ2v) is 6.01. The highest BCUT2D eigenvalue weighted by Crippen LogP contribution is 2.17. The Morgan fingerprint density at radius 2 is 1.91 bits per heavy atom. The third kappa shape index (κ3) is 5.96. The zero-order valence-corrected chi connectivity index (χ0v) is 13.8. The maximum atomic E-state index is 12.4. The molecular formula is C18H26N2O3. The molecule has 1 aromatic rings. The van der Waals surface area contributed by atoms with Gasteiger partial charge in [0.2, 0.25) is 5.91 Å². The number of ketones is 1. The van der Waals surface area contributed by atoms with Crippen molar-refractivity contribution in [3.8, 4) is 0 Å². The van der Waals surface area contributed by atoms with Gasteiger partial charge in [-0.15, -0.1) is 6.58 Å². The van der Waals surface area contributed by atoms with E-state index in [0.717, 1.165) is 5.56 Å². The van der Waals surface area contributed by atoms with Crippen LogP contribution in [0.2, 0.25) is 0 Å². The highest BCUT2D eigenvalue weighted by atomic mass is 16.3. The maximum absolute atomic E-state index is 12.4. The van der Waals surface area contributed by atoms with Gasteiger partial charge in [0.1, 0.15) is 0 Å². The number of aliphatic hydroxyl groups excluding tert-OH is 1. The fourth-order valence-electron chi connectivity index (χ4n) is 2.17. The Balaban J connectivity index is 2.73. The Hall–Kier alpha value is -1.98. The summed E-state index contributed by atoms with van der Waals surface area (Å²) in [6, 6.07) is 6.35. The molecule has 0 aromatic heterocycles. The Labute approximate surface area is 137 Å². The van der Waals surface area contributed by atoms with Gasteiger partial charge in [0.05, 0.1) is 12.6 Å². The van der Waals surface area contributed by atoms with Crippen LogP contribution in [0.1, 0.15) is 32.3 Å². The van der Waals surface area contributed by atoms with E-state index in [1.807, 2.05) is 13.8 Å². The number of carbonyl (C=O) groups is 2. The summed E-state index contributed by atoms with van der Waals surface area (Å²) >= 11 is 0. The minimum Gasteiger partial charge on any atom is -0.392 e. The second kappa shape index (κ2) is 9.22. The second-order valence-electron chi connectivity index (χ2n) is 6.01. The van der Waals surface area contributed by atoms with E-state index in [1.165, 1.54) is 0 Å². The molecular weight excluding hydrogens is 292 g/mol. The molecule has 0 heterocycles. The fourth-order valence-corrected chi connectivity index (χ4v) is 2.17. The molecule has 0 fully saturated rings. The van der Waals surface area contributed by atoms with E-state index < -0.39 is 12.0 Å². The van der Waals surface area contributed by atoms with Crippen molar-refractivity contribution in [1.29, 1.82) is 0 Å². The number of anilines is 1. The molecule has 0 saturated carbocycles. The van der Waals surface area contributed by atoms with Crippen LogP contribution >= 0.6 is 0 Å². The van der Waals surface area contributed by atoms with E-state index in [1.54, 1.807) is 30.3 Å². The molecule has 0 saturated heterocycles. The Kier molecular flexibility index (Phi) is 7.65. The molecule has 126 valence electrons. The zero-order chi connectivity index (χ0) is 17.4. The fraction of sp³-hybridized carbons (Fsp3) is 0.444. The van der Waals surface area contributed by atoms with Crippen molar-refractivity contribution >= 4 is 17.4 Å². The van der Waals surface area contributed by atoms with E-state index >= 15 is 0 Å². The minimum atomic E-state index is -0.557. The van der Waals surface area contributed by atoms with Gasteiger partial charge in [-0.1, -0.05) is 32.1 Å². The zero-order valence-electron chi connectivity index (χ0n) is 13.8. The Morgan fingerprint density at radius 1 is 1.30 bits per heavy atom. The van der Waals surface area contributed by atoms with Crippen molar-refractivity contribution < 1.29 is 14.7 Å². The molecule has 1 amide bonds. The van der Waals surface area contributed by atoms with Gasteiger partial charge in [-0.05, 0) is 30.0 Å². The maximum Gasteiger partial charge on any atom is 0.228 e. The predicted molar refractivity (Wildman–Crippen MR) is 91.7 cm³/mol. The van der Waals surface area contributed by atoms with Crippen molar-refractivity contribution in [2.45, 2.75) is 39.3 Å². The molecule has 5 heteroatoms. The predicted octanol–water partition coefficient (Wildman–Crippen LogP) is 2.25. The number of nitrogens with one attached hydrogen (secondary N) is 1. The molecule has 23 heavy (non-hydrogen) atoms. The summed E-state index contributed by atoms with van der Waals surface area (Å²) in [6.07, 6.45) is 2.15. The van der Waals surface area contributed by atoms with E-state index in [9.17, 15) is 9.59 Å². The number of aliphatic hydroxyl groups is 1. The summed E-state index contributed by atoms with van der Waals surface area (Å²) in [5.41, 5.74) is 7.25. The van der Waals surface area contributed by atoms with Crippen LogP contribution in [0.4, 0.5) is 5.69 Å². The Bertz CT molecular complexity index is 538. The molecule has 2 atom stereocenters. The number of rotatable bonds is 9. The Morgan fingerprint density at radius 3 is 2.39 bits per heavy atom. The van der Waals surface area contributed by atoms with Crippen molar-refractivity contribution in [3.05, 3.63) is 42.5 Å². The number of allylic oxidation sites excluding steroid dienone is 1. The first kappa shape index (κ1) is 19.1. The average Bonchev–Trinajstić information content (AvgIpc) is 2.54. The molecule has 5 nitrogen and oxygen atoms in total. The average molecular weight is 318 g/mol. The van der Waals surface area contributed by atoms with E-state index in [0.29, 0.717) is 12.1 Å². The smallest absolute Gasteiger partial charge is 0.228 e. The van der Waals surface area contributed by atoms with Crippen LogP contribution in [0.15, 0.2) is 36.9 Å². The standard InChI is InChI=1S/C18H26N2O3/c1-4-5-14(10-16(22)17(19)12(2)3)18(23)20-15-8-6-13(11-21)7-9-15/h4,6-9,12,14,17,21H,1,5,10-11,19H2,2-3H3,(H,20,23)/t14-,17+/m1/s1. The van der Waals surface area contributed by atoms with Gasteiger partial charge < -0.3 is 16.2 Å². The molecule has 0 aliphatic carbocycles. The van der Waals surface area contributed by atoms with Crippen LogP contribution in [0, 0.1) is 11.8 Å². The van der Waals surface area contributed by atoms with Gasteiger partial charge in [-0.2, -0.15) is 0 Å². The number of Topliss-reactive ketones (excluding diaryl/α,β-unsaturated/α-hetero) is 1. The first-order chi connectivity index (χ1) is 10.9. The van der Waals surface area contributed by atoms with Crippen LogP contribution in [0.5, 0.6) is 0 Å². The molecule has 0 unspecified atom stereocenters. The highest BCUT2D eigenvalue weighted by molar-refractivity contribution is 5.96. The summed E-state index contributed by atoms with van der Waals surface area (Å²) in [6.45, 7) is 7.37. The van der Waals surface area contributed by atoms with Gasteiger partial charge in [-0.25, -0.2) is 0 Å². The molecule has 4 N–H and O–H groups in total. The van der Waals surface area contributed by atoms with Gasteiger partial charge in [-0.3, -0.25) is 9.59 Å². The SMILES string of the molecule is C=CC[C@H](CC(=O)[C@@H](N)C(C)C)C(=O)Nc1ccc(CO)cc1. The summed E-state index contributed by atoms with van der Waals surface area (Å²) in [7, 11) is 0. The number of hydrogen-bond donors (Lipinski definition) is 3. The van der Waals surface area contributed by atoms with Crippen LogP contribution < -0.4 is 11.1 Å². The number of amides is 1. The lowest BCUT2D eigenvalue weighted by Gasteiger charge is -2.19. The molecule has 0 aliphatic rings. The van der Waals surface area contributed by atoms with Gasteiger partial charge in [0, 0.05) is 18.0 Å². The summed E-state index contributed by atoms with van der Waals surface area (Å²) < 4.78 is 0. The molecule has 1 rings (SSSR count). The lowest BCUT2D eigenvalue weighted by molar-refractivity contribution is -0.127. The molecule has 1 aromatic carbocycles. The topological polar surface area (TPSA) is 92.4 Å². The first-order valence-corrected chi connectivity index (χ1v) is 7.78. The lowest BCUT2D eigenvalue weighted by Crippen LogP contribution is -2.38. The quantitative estimate of drug-likeness (QED) is 0.609. The van der Waals surface area contributed by atoms with Crippen LogP contribution in [-0.2, 0) is 16.2 Å². The van der Waals surface area contributed by atoms with Crippen LogP contribution in [0.25, 0.3) is 0 Å². The third-order valence-electron chi connectivity index (χ3n) is 3.76. The number of hydrogen-bond acceptors (Lipinski definition) is 4. The summed E-state index contributed by atoms with van der Waals surface area (Å²) in [5, 5.41) is 11.8. The van der Waals surface area contributed by atoms with E-state index in [-0.39, 0.29) is 30.6 Å². The lowest BCUT2D eigenvalue weighted by atomic mass is 9.91. The summed E-state index contributed by atoms with van der Waals surface area (Å²) in [4.78, 5) is 24.5. The number of carbonyl (C=O) groups excluding carboxylic acids is 2. The van der Waals surface area contributed by atoms with Crippen molar-refractivity contribution in [2.24, 2.45) is 17.6 Å². The van der Waals surface area contributed by atoms with E-state index in [2.05, 4.69) is 11.9 Å². The largest absolute Gasteiger partial charge is 0.392 e. The van der Waals surface area contributed by atoms with Crippen molar-refractivity contribution in [2.75, 3.05) is 5.32 Å². The molecule has 0 aliphatic heterocycles. The number of nitrogens with two attached hydrogens (primary N) is 1. The normalized spacial score (nSPS) is 13.4. The van der Waals surface area contributed by atoms with Crippen molar-refractivity contribution in [3.63, 3.8) is 0 Å². The molecule has 0 radical (unpaired) electrons. The van der Waals surface area contributed by atoms with Crippen molar-refractivity contribution in [1.82, 2.24) is 0 Å². The van der Waals surface area contributed by atoms with Gasteiger partial charge >= 0.3 is 0 Å². The first-order valence-electron chi connectivity index (χ1n) is 7.78.